The first-order chi connectivity index (χ1) is 11.7. The first-order valence-electron chi connectivity index (χ1n) is 9.17. The standard InChI is InChI=1S/C20H32O4/c1-2-3-4-5-6-7-11-14-20(22)24-17-19(21)16-23-15-18-12-9-8-10-13-18/h8-10,12-13,19,21H,2-7,11,14-17H2,1H3. The van der Waals surface area contributed by atoms with E-state index in [4.69, 9.17) is 9.47 Å². The van der Waals surface area contributed by atoms with Gasteiger partial charge in [0.2, 0.25) is 0 Å². The van der Waals surface area contributed by atoms with Crippen LogP contribution in [0, 0.1) is 0 Å². The minimum Gasteiger partial charge on any atom is -0.463 e. The second-order valence-electron chi connectivity index (χ2n) is 6.21. The Labute approximate surface area is 146 Å². The van der Waals surface area contributed by atoms with Crippen LogP contribution < -0.4 is 0 Å². The number of aliphatic hydroxyl groups is 1. The van der Waals surface area contributed by atoms with Crippen molar-refractivity contribution in [3.05, 3.63) is 35.9 Å². The number of ether oxygens (including phenoxy) is 2. The van der Waals surface area contributed by atoms with E-state index in [9.17, 15) is 9.90 Å². The van der Waals surface area contributed by atoms with Gasteiger partial charge in [0.15, 0.2) is 0 Å². The fourth-order valence-corrected chi connectivity index (χ4v) is 2.42. The lowest BCUT2D eigenvalue weighted by Crippen LogP contribution is -2.23. The van der Waals surface area contributed by atoms with Gasteiger partial charge < -0.3 is 14.6 Å². The lowest BCUT2D eigenvalue weighted by atomic mass is 10.1. The summed E-state index contributed by atoms with van der Waals surface area (Å²) >= 11 is 0. The van der Waals surface area contributed by atoms with Gasteiger partial charge in [-0.3, -0.25) is 4.79 Å². The SMILES string of the molecule is CCCCCCCCCC(=O)OCC(O)COCc1ccccc1. The Hall–Kier alpha value is -1.39. The quantitative estimate of drug-likeness (QED) is 0.408. The number of hydrogen-bond acceptors (Lipinski definition) is 4. The van der Waals surface area contributed by atoms with Crippen molar-refractivity contribution in [1.82, 2.24) is 0 Å². The van der Waals surface area contributed by atoms with Crippen LogP contribution in [-0.2, 0) is 20.9 Å². The van der Waals surface area contributed by atoms with Crippen molar-refractivity contribution in [3.8, 4) is 0 Å². The molecular formula is C20H32O4. The third-order valence-electron chi connectivity index (χ3n) is 3.84. The highest BCUT2D eigenvalue weighted by molar-refractivity contribution is 5.69. The smallest absolute Gasteiger partial charge is 0.305 e. The van der Waals surface area contributed by atoms with Crippen LogP contribution in [-0.4, -0.2) is 30.4 Å². The minimum atomic E-state index is -0.772. The molecular weight excluding hydrogens is 304 g/mol. The first-order valence-corrected chi connectivity index (χ1v) is 9.17. The highest BCUT2D eigenvalue weighted by Crippen LogP contribution is 2.09. The molecule has 0 heterocycles. The fraction of sp³-hybridized carbons (Fsp3) is 0.650. The van der Waals surface area contributed by atoms with Gasteiger partial charge in [-0.2, -0.15) is 0 Å². The number of hydrogen-bond donors (Lipinski definition) is 1. The molecule has 136 valence electrons. The van der Waals surface area contributed by atoms with Crippen LogP contribution in [0.4, 0.5) is 0 Å². The van der Waals surface area contributed by atoms with Gasteiger partial charge >= 0.3 is 5.97 Å². The van der Waals surface area contributed by atoms with Crippen molar-refractivity contribution >= 4 is 5.97 Å². The molecule has 0 bridgehead atoms. The molecule has 1 unspecified atom stereocenters. The molecule has 4 heteroatoms. The highest BCUT2D eigenvalue weighted by Gasteiger charge is 2.09. The lowest BCUT2D eigenvalue weighted by molar-refractivity contribution is -0.148. The van der Waals surface area contributed by atoms with Crippen molar-refractivity contribution < 1.29 is 19.4 Å². The molecule has 0 aromatic heterocycles. The zero-order valence-electron chi connectivity index (χ0n) is 14.9. The summed E-state index contributed by atoms with van der Waals surface area (Å²) in [4.78, 5) is 11.6. The number of esters is 1. The Balaban J connectivity index is 1.95. The van der Waals surface area contributed by atoms with E-state index in [1.54, 1.807) is 0 Å². The zero-order chi connectivity index (χ0) is 17.5. The Kier molecular flexibility index (Phi) is 12.0. The number of benzene rings is 1. The molecule has 0 aliphatic carbocycles. The summed E-state index contributed by atoms with van der Waals surface area (Å²) in [5.41, 5.74) is 1.06. The second-order valence-corrected chi connectivity index (χ2v) is 6.21. The molecule has 1 rings (SSSR count). The molecule has 0 radical (unpaired) electrons. The number of unbranched alkanes of at least 4 members (excludes halogenated alkanes) is 6. The van der Waals surface area contributed by atoms with Crippen LogP contribution in [0.5, 0.6) is 0 Å². The molecule has 0 saturated carbocycles. The number of carbonyl (C=O) groups excluding carboxylic acids is 1. The average Bonchev–Trinajstić information content (AvgIpc) is 2.60. The third-order valence-corrected chi connectivity index (χ3v) is 3.84. The monoisotopic (exact) mass is 336 g/mol. The Morgan fingerprint density at radius 1 is 1.00 bits per heavy atom. The van der Waals surface area contributed by atoms with Crippen molar-refractivity contribution in [3.63, 3.8) is 0 Å². The number of rotatable bonds is 14. The predicted octanol–water partition coefficient (Wildman–Crippen LogP) is 4.25. The Bertz CT molecular complexity index is 419. The molecule has 1 N–H and O–H groups in total. The zero-order valence-corrected chi connectivity index (χ0v) is 14.9. The maximum Gasteiger partial charge on any atom is 0.305 e. The summed E-state index contributed by atoms with van der Waals surface area (Å²) in [6.07, 6.45) is 7.88. The summed E-state index contributed by atoms with van der Waals surface area (Å²) in [5.74, 6) is -0.231. The van der Waals surface area contributed by atoms with E-state index in [0.29, 0.717) is 13.0 Å². The van der Waals surface area contributed by atoms with Crippen molar-refractivity contribution in [2.75, 3.05) is 13.2 Å². The predicted molar refractivity (Wildman–Crippen MR) is 95.7 cm³/mol. The number of aliphatic hydroxyl groups excluding tert-OH is 1. The minimum absolute atomic E-state index is 0.00409. The molecule has 0 aliphatic rings. The van der Waals surface area contributed by atoms with Gasteiger partial charge in [-0.1, -0.05) is 75.8 Å². The van der Waals surface area contributed by atoms with Crippen LogP contribution in [0.25, 0.3) is 0 Å². The normalized spacial score (nSPS) is 12.1. The van der Waals surface area contributed by atoms with E-state index in [1.165, 1.54) is 32.1 Å². The fourth-order valence-electron chi connectivity index (χ4n) is 2.42. The van der Waals surface area contributed by atoms with Gasteiger partial charge in [0, 0.05) is 6.42 Å². The average molecular weight is 336 g/mol. The van der Waals surface area contributed by atoms with Crippen molar-refractivity contribution in [2.24, 2.45) is 0 Å². The van der Waals surface area contributed by atoms with E-state index in [2.05, 4.69) is 6.92 Å². The molecule has 1 aromatic rings. The molecule has 4 nitrogen and oxygen atoms in total. The van der Waals surface area contributed by atoms with Gasteiger partial charge in [-0.15, -0.1) is 0 Å². The molecule has 1 atom stereocenters. The van der Waals surface area contributed by atoms with E-state index < -0.39 is 6.10 Å². The molecule has 1 aromatic carbocycles. The second kappa shape index (κ2) is 14.0. The van der Waals surface area contributed by atoms with Crippen LogP contribution in [0.2, 0.25) is 0 Å². The summed E-state index contributed by atoms with van der Waals surface area (Å²) in [7, 11) is 0. The maximum absolute atomic E-state index is 11.6. The summed E-state index contributed by atoms with van der Waals surface area (Å²) < 4.78 is 10.5. The van der Waals surface area contributed by atoms with Gasteiger partial charge in [0.1, 0.15) is 12.7 Å². The molecule has 0 aliphatic heterocycles. The van der Waals surface area contributed by atoms with E-state index >= 15 is 0 Å². The third kappa shape index (κ3) is 11.2. The Morgan fingerprint density at radius 2 is 1.67 bits per heavy atom. The number of carbonyl (C=O) groups is 1. The van der Waals surface area contributed by atoms with Crippen LogP contribution in [0.1, 0.15) is 63.9 Å². The van der Waals surface area contributed by atoms with Gasteiger partial charge in [0.25, 0.3) is 0 Å². The highest BCUT2D eigenvalue weighted by atomic mass is 16.5. The first kappa shape index (κ1) is 20.7. The van der Waals surface area contributed by atoms with E-state index in [-0.39, 0.29) is 19.2 Å². The van der Waals surface area contributed by atoms with Crippen molar-refractivity contribution in [1.29, 1.82) is 0 Å². The maximum atomic E-state index is 11.6. The molecule has 0 fully saturated rings. The lowest BCUT2D eigenvalue weighted by Gasteiger charge is -2.12. The summed E-state index contributed by atoms with van der Waals surface area (Å²) in [6.45, 7) is 2.82. The van der Waals surface area contributed by atoms with E-state index in [0.717, 1.165) is 18.4 Å². The molecule has 0 spiro atoms. The summed E-state index contributed by atoms with van der Waals surface area (Å²) in [6, 6.07) is 9.77. The van der Waals surface area contributed by atoms with Gasteiger partial charge in [-0.05, 0) is 12.0 Å². The van der Waals surface area contributed by atoms with Crippen LogP contribution in [0.15, 0.2) is 30.3 Å². The molecule has 0 saturated heterocycles. The molecule has 24 heavy (non-hydrogen) atoms. The topological polar surface area (TPSA) is 55.8 Å². The van der Waals surface area contributed by atoms with Crippen molar-refractivity contribution in [2.45, 2.75) is 71.0 Å². The van der Waals surface area contributed by atoms with E-state index in [1.807, 2.05) is 30.3 Å². The Morgan fingerprint density at radius 3 is 2.38 bits per heavy atom. The summed E-state index contributed by atoms with van der Waals surface area (Å²) in [5, 5.41) is 9.77. The molecule has 0 amide bonds. The largest absolute Gasteiger partial charge is 0.463 e. The van der Waals surface area contributed by atoms with Crippen LogP contribution >= 0.6 is 0 Å². The van der Waals surface area contributed by atoms with Crippen LogP contribution in [0.3, 0.4) is 0 Å². The van der Waals surface area contributed by atoms with Gasteiger partial charge in [-0.25, -0.2) is 0 Å². The van der Waals surface area contributed by atoms with Gasteiger partial charge in [0.05, 0.1) is 13.2 Å².